The zero-order valence-corrected chi connectivity index (χ0v) is 12.9. The van der Waals surface area contributed by atoms with Crippen LogP contribution in [0.15, 0.2) is 10.6 Å². The van der Waals surface area contributed by atoms with Crippen LogP contribution in [0.3, 0.4) is 0 Å². The van der Waals surface area contributed by atoms with Crippen LogP contribution >= 0.6 is 0 Å². The van der Waals surface area contributed by atoms with Gasteiger partial charge in [-0.2, -0.15) is 0 Å². The monoisotopic (exact) mass is 310 g/mol. The molecule has 1 aromatic heterocycles. The molecule has 2 amide bonds. The lowest BCUT2D eigenvalue weighted by Crippen LogP contribution is -2.51. The SMILES string of the molecule is Cc1cc(NC(=O)CN(C)C(=O)C2(CN)CCOCC2)no1. The third-order valence-electron chi connectivity index (χ3n) is 3.92. The summed E-state index contributed by atoms with van der Waals surface area (Å²) in [5.74, 6) is 0.486. The molecule has 2 rings (SSSR count). The van der Waals surface area contributed by atoms with Gasteiger partial charge in [0.05, 0.1) is 12.0 Å². The molecule has 2 heterocycles. The van der Waals surface area contributed by atoms with Gasteiger partial charge in [0.15, 0.2) is 5.82 Å². The molecule has 1 aliphatic rings. The maximum absolute atomic E-state index is 12.6. The summed E-state index contributed by atoms with van der Waals surface area (Å²) in [6.07, 6.45) is 1.16. The fourth-order valence-electron chi connectivity index (χ4n) is 2.57. The van der Waals surface area contributed by atoms with Crippen molar-refractivity contribution < 1.29 is 18.8 Å². The molecule has 8 nitrogen and oxygen atoms in total. The number of nitrogens with two attached hydrogens (primary N) is 1. The molecular formula is C14H22N4O4. The molecule has 0 unspecified atom stereocenters. The van der Waals surface area contributed by atoms with E-state index in [-0.39, 0.29) is 24.9 Å². The van der Waals surface area contributed by atoms with Crippen molar-refractivity contribution in [1.82, 2.24) is 10.1 Å². The standard InChI is InChI=1S/C14H22N4O4/c1-10-7-11(17-22-10)16-12(19)8-18(2)13(20)14(9-15)3-5-21-6-4-14/h7H,3-6,8-9,15H2,1-2H3,(H,16,17,19). The summed E-state index contributed by atoms with van der Waals surface area (Å²) in [6, 6.07) is 1.61. The van der Waals surface area contributed by atoms with E-state index in [1.807, 2.05) is 0 Å². The van der Waals surface area contributed by atoms with Gasteiger partial charge < -0.3 is 25.2 Å². The molecule has 3 N–H and O–H groups in total. The number of hydrogen-bond acceptors (Lipinski definition) is 6. The predicted molar refractivity (Wildman–Crippen MR) is 79.0 cm³/mol. The Balaban J connectivity index is 1.93. The van der Waals surface area contributed by atoms with E-state index in [0.717, 1.165) is 0 Å². The van der Waals surface area contributed by atoms with Crippen LogP contribution in [-0.2, 0) is 14.3 Å². The first kappa shape index (κ1) is 16.4. The van der Waals surface area contributed by atoms with Crippen molar-refractivity contribution in [1.29, 1.82) is 0 Å². The van der Waals surface area contributed by atoms with Gasteiger partial charge in [-0.15, -0.1) is 0 Å². The largest absolute Gasteiger partial charge is 0.381 e. The lowest BCUT2D eigenvalue weighted by atomic mass is 9.79. The molecule has 0 saturated carbocycles. The molecule has 0 aromatic carbocycles. The van der Waals surface area contributed by atoms with Crippen molar-refractivity contribution in [3.63, 3.8) is 0 Å². The molecule has 0 aliphatic carbocycles. The zero-order chi connectivity index (χ0) is 16.2. The minimum atomic E-state index is -0.627. The third-order valence-corrected chi connectivity index (χ3v) is 3.92. The summed E-state index contributed by atoms with van der Waals surface area (Å²) in [5, 5.41) is 6.27. The Morgan fingerprint density at radius 3 is 2.68 bits per heavy atom. The summed E-state index contributed by atoms with van der Waals surface area (Å²) < 4.78 is 10.2. The summed E-state index contributed by atoms with van der Waals surface area (Å²) in [7, 11) is 1.60. The number of ether oxygens (including phenoxy) is 1. The van der Waals surface area contributed by atoms with E-state index in [9.17, 15) is 9.59 Å². The second kappa shape index (κ2) is 6.89. The van der Waals surface area contributed by atoms with E-state index in [4.69, 9.17) is 15.0 Å². The summed E-state index contributed by atoms with van der Waals surface area (Å²) in [6.45, 7) is 2.95. The molecular weight excluding hydrogens is 288 g/mol. The Morgan fingerprint density at radius 1 is 1.45 bits per heavy atom. The second-order valence-corrected chi connectivity index (χ2v) is 5.63. The molecule has 0 bridgehead atoms. The summed E-state index contributed by atoms with van der Waals surface area (Å²) in [5.41, 5.74) is 5.18. The van der Waals surface area contributed by atoms with E-state index >= 15 is 0 Å². The summed E-state index contributed by atoms with van der Waals surface area (Å²) in [4.78, 5) is 26.0. The molecule has 22 heavy (non-hydrogen) atoms. The first-order valence-corrected chi connectivity index (χ1v) is 7.23. The Morgan fingerprint density at radius 2 is 2.14 bits per heavy atom. The van der Waals surface area contributed by atoms with Gasteiger partial charge in [-0.05, 0) is 19.8 Å². The average molecular weight is 310 g/mol. The number of hydrogen-bond donors (Lipinski definition) is 2. The van der Waals surface area contributed by atoms with Gasteiger partial charge in [-0.25, -0.2) is 0 Å². The number of aryl methyl sites for hydroxylation is 1. The normalized spacial score (nSPS) is 17.0. The maximum atomic E-state index is 12.6. The van der Waals surface area contributed by atoms with Crippen LogP contribution < -0.4 is 11.1 Å². The van der Waals surface area contributed by atoms with Gasteiger partial charge in [0.25, 0.3) is 0 Å². The van der Waals surface area contributed by atoms with Crippen LogP contribution in [0.25, 0.3) is 0 Å². The third kappa shape index (κ3) is 3.63. The Hall–Kier alpha value is -1.93. The van der Waals surface area contributed by atoms with Crippen molar-refractivity contribution in [3.8, 4) is 0 Å². The molecule has 8 heteroatoms. The van der Waals surface area contributed by atoms with Crippen molar-refractivity contribution in [3.05, 3.63) is 11.8 Å². The average Bonchev–Trinajstić information content (AvgIpc) is 2.91. The van der Waals surface area contributed by atoms with Crippen LogP contribution in [0.4, 0.5) is 5.82 Å². The minimum absolute atomic E-state index is 0.0622. The molecule has 0 spiro atoms. The first-order valence-electron chi connectivity index (χ1n) is 7.23. The molecule has 1 fully saturated rings. The Kier molecular flexibility index (Phi) is 5.15. The molecule has 1 saturated heterocycles. The highest BCUT2D eigenvalue weighted by Gasteiger charge is 2.40. The van der Waals surface area contributed by atoms with Crippen LogP contribution in [0.1, 0.15) is 18.6 Å². The van der Waals surface area contributed by atoms with Crippen LogP contribution in [0.5, 0.6) is 0 Å². The Labute approximate surface area is 128 Å². The Bertz CT molecular complexity index is 537. The quantitative estimate of drug-likeness (QED) is 0.800. The van der Waals surface area contributed by atoms with Gasteiger partial charge in [0.1, 0.15) is 5.76 Å². The molecule has 1 aliphatic heterocycles. The molecule has 0 radical (unpaired) electrons. The maximum Gasteiger partial charge on any atom is 0.245 e. The van der Waals surface area contributed by atoms with Crippen LogP contribution in [0.2, 0.25) is 0 Å². The van der Waals surface area contributed by atoms with Gasteiger partial charge in [0, 0.05) is 32.9 Å². The van der Waals surface area contributed by atoms with E-state index in [0.29, 0.717) is 37.6 Å². The van der Waals surface area contributed by atoms with Gasteiger partial charge in [-0.3, -0.25) is 9.59 Å². The number of aromatic nitrogens is 1. The number of carbonyl (C=O) groups is 2. The van der Waals surface area contributed by atoms with E-state index < -0.39 is 5.41 Å². The van der Waals surface area contributed by atoms with Crippen molar-refractivity contribution in [2.75, 3.05) is 38.7 Å². The van der Waals surface area contributed by atoms with E-state index in [1.165, 1.54) is 4.90 Å². The summed E-state index contributed by atoms with van der Waals surface area (Å²) >= 11 is 0. The number of likely N-dealkylation sites (N-methyl/N-ethyl adjacent to an activating group) is 1. The highest BCUT2D eigenvalue weighted by atomic mass is 16.5. The smallest absolute Gasteiger partial charge is 0.245 e. The van der Waals surface area contributed by atoms with E-state index in [1.54, 1.807) is 20.0 Å². The molecule has 1 aromatic rings. The fourth-order valence-corrected chi connectivity index (χ4v) is 2.57. The van der Waals surface area contributed by atoms with Gasteiger partial charge in [-0.1, -0.05) is 5.16 Å². The van der Waals surface area contributed by atoms with Crippen LogP contribution in [0, 0.1) is 12.3 Å². The lowest BCUT2D eigenvalue weighted by Gasteiger charge is -2.37. The topological polar surface area (TPSA) is 111 Å². The molecule has 0 atom stereocenters. The minimum Gasteiger partial charge on any atom is -0.381 e. The predicted octanol–water partition coefficient (Wildman–Crippen LogP) is 0.135. The number of rotatable bonds is 5. The zero-order valence-electron chi connectivity index (χ0n) is 12.9. The van der Waals surface area contributed by atoms with E-state index in [2.05, 4.69) is 10.5 Å². The number of anilines is 1. The highest BCUT2D eigenvalue weighted by molar-refractivity contribution is 5.94. The first-order chi connectivity index (χ1) is 10.5. The van der Waals surface area contributed by atoms with Gasteiger partial charge >= 0.3 is 0 Å². The number of carbonyl (C=O) groups excluding carboxylic acids is 2. The lowest BCUT2D eigenvalue weighted by molar-refractivity contribution is -0.147. The van der Waals surface area contributed by atoms with Crippen molar-refractivity contribution >= 4 is 17.6 Å². The van der Waals surface area contributed by atoms with Crippen LogP contribution in [-0.4, -0.2) is 55.2 Å². The highest BCUT2D eigenvalue weighted by Crippen LogP contribution is 2.31. The fraction of sp³-hybridized carbons (Fsp3) is 0.643. The van der Waals surface area contributed by atoms with Gasteiger partial charge in [0.2, 0.25) is 11.8 Å². The second-order valence-electron chi connectivity index (χ2n) is 5.63. The number of nitrogens with one attached hydrogen (secondary N) is 1. The van der Waals surface area contributed by atoms with Crippen molar-refractivity contribution in [2.24, 2.45) is 11.1 Å². The number of nitrogens with zero attached hydrogens (tertiary/aromatic N) is 2. The molecule has 122 valence electrons. The number of amides is 2. The van der Waals surface area contributed by atoms with Crippen molar-refractivity contribution in [2.45, 2.75) is 19.8 Å².